The van der Waals surface area contributed by atoms with Crippen LogP contribution in [0.4, 0.5) is 0 Å². The van der Waals surface area contributed by atoms with Crippen molar-refractivity contribution in [1.29, 1.82) is 0 Å². The SMILES string of the molecule is COc1ccc(OC)c(CN(C(=O)C2CC2)C2CC2)c1. The zero-order chi connectivity index (χ0) is 14.1. The van der Waals surface area contributed by atoms with Crippen LogP contribution >= 0.6 is 0 Å². The zero-order valence-corrected chi connectivity index (χ0v) is 12.1. The van der Waals surface area contributed by atoms with E-state index in [1.165, 1.54) is 0 Å². The third kappa shape index (κ3) is 2.74. The molecule has 0 aliphatic heterocycles. The summed E-state index contributed by atoms with van der Waals surface area (Å²) in [5.41, 5.74) is 1.02. The van der Waals surface area contributed by atoms with E-state index in [1.54, 1.807) is 14.2 Å². The average molecular weight is 275 g/mol. The predicted molar refractivity (Wildman–Crippen MR) is 75.8 cm³/mol. The molecule has 0 spiro atoms. The van der Waals surface area contributed by atoms with E-state index in [1.807, 2.05) is 23.1 Å². The van der Waals surface area contributed by atoms with Gasteiger partial charge in [-0.3, -0.25) is 4.79 Å². The molecule has 0 aromatic heterocycles. The van der Waals surface area contributed by atoms with Crippen LogP contribution < -0.4 is 9.47 Å². The molecule has 20 heavy (non-hydrogen) atoms. The molecule has 2 aliphatic carbocycles. The van der Waals surface area contributed by atoms with Gasteiger partial charge in [0, 0.05) is 24.1 Å². The Morgan fingerprint density at radius 1 is 1.20 bits per heavy atom. The Balaban J connectivity index is 1.81. The average Bonchev–Trinajstić information content (AvgIpc) is 3.35. The number of hydrogen-bond acceptors (Lipinski definition) is 3. The number of nitrogens with zero attached hydrogens (tertiary/aromatic N) is 1. The van der Waals surface area contributed by atoms with E-state index in [9.17, 15) is 4.79 Å². The number of carbonyl (C=O) groups is 1. The van der Waals surface area contributed by atoms with Crippen molar-refractivity contribution < 1.29 is 14.3 Å². The number of amides is 1. The quantitative estimate of drug-likeness (QED) is 0.801. The van der Waals surface area contributed by atoms with Gasteiger partial charge in [0.1, 0.15) is 11.5 Å². The van der Waals surface area contributed by atoms with E-state index < -0.39 is 0 Å². The molecule has 2 fully saturated rings. The number of hydrogen-bond donors (Lipinski definition) is 0. The Morgan fingerprint density at radius 3 is 2.50 bits per heavy atom. The van der Waals surface area contributed by atoms with Crippen LogP contribution in [0, 0.1) is 5.92 Å². The first-order chi connectivity index (χ1) is 9.72. The zero-order valence-electron chi connectivity index (χ0n) is 12.1. The summed E-state index contributed by atoms with van der Waals surface area (Å²) in [4.78, 5) is 14.4. The van der Waals surface area contributed by atoms with Crippen LogP contribution in [0.3, 0.4) is 0 Å². The van der Waals surface area contributed by atoms with Crippen LogP contribution in [-0.2, 0) is 11.3 Å². The van der Waals surface area contributed by atoms with Crippen molar-refractivity contribution in [2.75, 3.05) is 14.2 Å². The highest BCUT2D eigenvalue weighted by Gasteiger charge is 2.40. The predicted octanol–water partition coefficient (Wildman–Crippen LogP) is 2.60. The molecule has 108 valence electrons. The van der Waals surface area contributed by atoms with Crippen LogP contribution in [0.15, 0.2) is 18.2 Å². The van der Waals surface area contributed by atoms with Crippen molar-refractivity contribution in [1.82, 2.24) is 4.90 Å². The summed E-state index contributed by atoms with van der Waals surface area (Å²) >= 11 is 0. The molecule has 0 atom stereocenters. The fourth-order valence-corrected chi connectivity index (χ4v) is 2.53. The van der Waals surface area contributed by atoms with Gasteiger partial charge in [0.15, 0.2) is 0 Å². The second kappa shape index (κ2) is 5.35. The Kier molecular flexibility index (Phi) is 3.55. The lowest BCUT2D eigenvalue weighted by molar-refractivity contribution is -0.133. The summed E-state index contributed by atoms with van der Waals surface area (Å²) in [6, 6.07) is 6.18. The fraction of sp³-hybridized carbons (Fsp3) is 0.562. The van der Waals surface area contributed by atoms with Crippen molar-refractivity contribution in [3.63, 3.8) is 0 Å². The van der Waals surface area contributed by atoms with E-state index in [0.29, 0.717) is 18.5 Å². The number of ether oxygens (including phenoxy) is 2. The Hall–Kier alpha value is -1.71. The second-order valence-electron chi connectivity index (χ2n) is 5.65. The Labute approximate surface area is 119 Å². The maximum Gasteiger partial charge on any atom is 0.226 e. The Bertz CT molecular complexity index is 506. The lowest BCUT2D eigenvalue weighted by Crippen LogP contribution is -2.33. The molecule has 1 aromatic rings. The summed E-state index contributed by atoms with van der Waals surface area (Å²) in [7, 11) is 3.31. The summed E-state index contributed by atoms with van der Waals surface area (Å²) in [5.74, 6) is 2.21. The van der Waals surface area contributed by atoms with Gasteiger partial charge in [0.2, 0.25) is 5.91 Å². The molecule has 2 aliphatic rings. The van der Waals surface area contributed by atoms with Gasteiger partial charge < -0.3 is 14.4 Å². The minimum atomic E-state index is 0.271. The largest absolute Gasteiger partial charge is 0.497 e. The van der Waals surface area contributed by atoms with Crippen LogP contribution in [0.5, 0.6) is 11.5 Å². The van der Waals surface area contributed by atoms with Crippen molar-refractivity contribution in [3.05, 3.63) is 23.8 Å². The third-order valence-corrected chi connectivity index (χ3v) is 4.03. The van der Waals surface area contributed by atoms with Gasteiger partial charge in [0.25, 0.3) is 0 Å². The minimum absolute atomic E-state index is 0.271. The number of carbonyl (C=O) groups excluding carboxylic acids is 1. The van der Waals surface area contributed by atoms with E-state index in [-0.39, 0.29) is 5.92 Å². The summed E-state index contributed by atoms with van der Waals surface area (Å²) in [6.07, 6.45) is 4.37. The van der Waals surface area contributed by atoms with Gasteiger partial charge in [-0.15, -0.1) is 0 Å². The normalized spacial score (nSPS) is 17.7. The van der Waals surface area contributed by atoms with Gasteiger partial charge in [-0.25, -0.2) is 0 Å². The molecule has 0 unspecified atom stereocenters. The monoisotopic (exact) mass is 275 g/mol. The van der Waals surface area contributed by atoms with Gasteiger partial charge >= 0.3 is 0 Å². The van der Waals surface area contributed by atoms with Crippen molar-refractivity contribution >= 4 is 5.91 Å². The standard InChI is InChI=1S/C16H21NO3/c1-19-14-7-8-15(20-2)12(9-14)10-17(13-5-6-13)16(18)11-3-4-11/h7-9,11,13H,3-6,10H2,1-2H3. The Morgan fingerprint density at radius 2 is 1.95 bits per heavy atom. The van der Waals surface area contributed by atoms with Gasteiger partial charge in [-0.2, -0.15) is 0 Å². The molecule has 3 rings (SSSR count). The molecule has 4 nitrogen and oxygen atoms in total. The lowest BCUT2D eigenvalue weighted by Gasteiger charge is -2.24. The van der Waals surface area contributed by atoms with Crippen LogP contribution in [0.2, 0.25) is 0 Å². The summed E-state index contributed by atoms with van der Waals surface area (Å²) in [6.45, 7) is 0.625. The smallest absolute Gasteiger partial charge is 0.226 e. The molecule has 0 heterocycles. The molecule has 1 amide bonds. The van der Waals surface area contributed by atoms with Gasteiger partial charge in [-0.1, -0.05) is 0 Å². The minimum Gasteiger partial charge on any atom is -0.497 e. The first kappa shape index (κ1) is 13.3. The van der Waals surface area contributed by atoms with E-state index in [2.05, 4.69) is 0 Å². The summed E-state index contributed by atoms with van der Waals surface area (Å²) in [5, 5.41) is 0. The molecule has 0 radical (unpaired) electrons. The van der Waals surface area contributed by atoms with E-state index in [4.69, 9.17) is 9.47 Å². The van der Waals surface area contributed by atoms with Crippen LogP contribution in [0.25, 0.3) is 0 Å². The molecule has 2 saturated carbocycles. The molecule has 1 aromatic carbocycles. The summed E-state index contributed by atoms with van der Waals surface area (Å²) < 4.78 is 10.7. The first-order valence-electron chi connectivity index (χ1n) is 7.24. The number of benzene rings is 1. The van der Waals surface area contributed by atoms with Crippen molar-refractivity contribution in [2.45, 2.75) is 38.3 Å². The molecule has 0 saturated heterocycles. The highest BCUT2D eigenvalue weighted by atomic mass is 16.5. The van der Waals surface area contributed by atoms with Gasteiger partial charge in [0.05, 0.1) is 14.2 Å². The fourth-order valence-electron chi connectivity index (χ4n) is 2.53. The lowest BCUT2D eigenvalue weighted by atomic mass is 10.1. The molecule has 0 N–H and O–H groups in total. The molecular formula is C16H21NO3. The third-order valence-electron chi connectivity index (χ3n) is 4.03. The van der Waals surface area contributed by atoms with Crippen LogP contribution in [0.1, 0.15) is 31.2 Å². The number of rotatable bonds is 6. The second-order valence-corrected chi connectivity index (χ2v) is 5.65. The highest BCUT2D eigenvalue weighted by Crippen LogP contribution is 2.38. The molecular weight excluding hydrogens is 254 g/mol. The number of methoxy groups -OCH3 is 2. The maximum atomic E-state index is 12.4. The maximum absolute atomic E-state index is 12.4. The van der Waals surface area contributed by atoms with Crippen LogP contribution in [-0.4, -0.2) is 31.1 Å². The van der Waals surface area contributed by atoms with Gasteiger partial charge in [-0.05, 0) is 43.9 Å². The topological polar surface area (TPSA) is 38.8 Å². The van der Waals surface area contributed by atoms with Crippen molar-refractivity contribution in [2.24, 2.45) is 5.92 Å². The molecule has 0 bridgehead atoms. The van der Waals surface area contributed by atoms with Crippen molar-refractivity contribution in [3.8, 4) is 11.5 Å². The highest BCUT2D eigenvalue weighted by molar-refractivity contribution is 5.81. The van der Waals surface area contributed by atoms with E-state index in [0.717, 1.165) is 42.7 Å². The molecule has 4 heteroatoms. The first-order valence-corrected chi connectivity index (χ1v) is 7.24. The van der Waals surface area contributed by atoms with E-state index >= 15 is 0 Å².